The first-order chi connectivity index (χ1) is 10.2. The second kappa shape index (κ2) is 9.63. The smallest absolute Gasteiger partial charge is 0.307 e. The van der Waals surface area contributed by atoms with Crippen LogP contribution < -0.4 is 15.4 Å². The molecule has 0 aromatic heterocycles. The van der Waals surface area contributed by atoms with Crippen molar-refractivity contribution in [2.75, 3.05) is 33.9 Å². The lowest BCUT2D eigenvalue weighted by Crippen LogP contribution is -2.40. The van der Waals surface area contributed by atoms with Crippen LogP contribution in [0.2, 0.25) is 0 Å². The van der Waals surface area contributed by atoms with Crippen LogP contribution in [-0.2, 0) is 9.53 Å². The summed E-state index contributed by atoms with van der Waals surface area (Å²) in [5.74, 6) is 1.23. The van der Waals surface area contributed by atoms with Gasteiger partial charge in [-0.25, -0.2) is 0 Å². The Bertz CT molecular complexity index is 458. The van der Waals surface area contributed by atoms with E-state index in [9.17, 15) is 4.79 Å². The van der Waals surface area contributed by atoms with Gasteiger partial charge in [0, 0.05) is 13.6 Å². The highest BCUT2D eigenvalue weighted by molar-refractivity contribution is 5.80. The fourth-order valence-corrected chi connectivity index (χ4v) is 1.58. The number of aryl methyl sites for hydroxylation is 1. The molecule has 1 aromatic carbocycles. The van der Waals surface area contributed by atoms with Crippen molar-refractivity contribution < 1.29 is 14.3 Å². The number of nitrogens with zero attached hydrogens (tertiary/aromatic N) is 1. The topological polar surface area (TPSA) is 72.0 Å². The summed E-state index contributed by atoms with van der Waals surface area (Å²) in [5, 5.41) is 6.13. The minimum Gasteiger partial charge on any atom is -0.492 e. The largest absolute Gasteiger partial charge is 0.492 e. The summed E-state index contributed by atoms with van der Waals surface area (Å²) in [4.78, 5) is 15.0. The van der Waals surface area contributed by atoms with Crippen molar-refractivity contribution in [2.24, 2.45) is 4.99 Å². The number of ether oxygens (including phenoxy) is 2. The van der Waals surface area contributed by atoms with Gasteiger partial charge in [0.1, 0.15) is 12.4 Å². The van der Waals surface area contributed by atoms with Crippen LogP contribution >= 0.6 is 0 Å². The number of hydrogen-bond donors (Lipinski definition) is 2. The Hall–Kier alpha value is -2.24. The highest BCUT2D eigenvalue weighted by Crippen LogP contribution is 2.10. The molecule has 0 aliphatic carbocycles. The zero-order valence-corrected chi connectivity index (χ0v) is 12.8. The van der Waals surface area contributed by atoms with Crippen molar-refractivity contribution >= 4 is 11.9 Å². The Morgan fingerprint density at radius 2 is 1.86 bits per heavy atom. The van der Waals surface area contributed by atoms with E-state index in [1.807, 2.05) is 31.2 Å². The minimum absolute atomic E-state index is 0.249. The van der Waals surface area contributed by atoms with Crippen LogP contribution in [0.1, 0.15) is 12.0 Å². The third-order valence-corrected chi connectivity index (χ3v) is 2.76. The third kappa shape index (κ3) is 7.20. The number of hydrogen-bond acceptors (Lipinski definition) is 4. The summed E-state index contributed by atoms with van der Waals surface area (Å²) < 4.78 is 10.2. The molecule has 0 atom stereocenters. The Morgan fingerprint density at radius 3 is 2.48 bits per heavy atom. The van der Waals surface area contributed by atoms with Crippen molar-refractivity contribution in [3.05, 3.63) is 29.8 Å². The van der Waals surface area contributed by atoms with Crippen LogP contribution in [0.25, 0.3) is 0 Å². The van der Waals surface area contributed by atoms with Crippen LogP contribution in [0.15, 0.2) is 29.3 Å². The van der Waals surface area contributed by atoms with E-state index in [1.165, 1.54) is 12.7 Å². The normalized spacial score (nSPS) is 10.9. The molecule has 0 spiro atoms. The lowest BCUT2D eigenvalue weighted by Gasteiger charge is -2.12. The van der Waals surface area contributed by atoms with Crippen molar-refractivity contribution in [1.82, 2.24) is 10.6 Å². The van der Waals surface area contributed by atoms with Crippen molar-refractivity contribution in [2.45, 2.75) is 13.3 Å². The number of carbonyl (C=O) groups is 1. The molecule has 0 radical (unpaired) electrons. The van der Waals surface area contributed by atoms with E-state index in [-0.39, 0.29) is 5.97 Å². The highest BCUT2D eigenvalue weighted by atomic mass is 16.5. The van der Waals surface area contributed by atoms with Gasteiger partial charge in [-0.05, 0) is 19.1 Å². The molecule has 0 saturated heterocycles. The van der Waals surface area contributed by atoms with Gasteiger partial charge in [-0.15, -0.1) is 0 Å². The maximum Gasteiger partial charge on any atom is 0.307 e. The van der Waals surface area contributed by atoms with Crippen LogP contribution in [-0.4, -0.2) is 45.8 Å². The average molecular weight is 293 g/mol. The second-order valence-electron chi connectivity index (χ2n) is 4.41. The van der Waals surface area contributed by atoms with E-state index < -0.39 is 0 Å². The van der Waals surface area contributed by atoms with Gasteiger partial charge in [0.05, 0.1) is 20.1 Å². The van der Waals surface area contributed by atoms with E-state index in [0.717, 1.165) is 5.75 Å². The SMILES string of the molecule is CN=C(NCCOc1ccc(C)cc1)NCCC(=O)OC. The Morgan fingerprint density at radius 1 is 1.19 bits per heavy atom. The number of benzene rings is 1. The molecule has 0 aliphatic heterocycles. The van der Waals surface area contributed by atoms with Crippen LogP contribution in [0, 0.1) is 6.92 Å². The van der Waals surface area contributed by atoms with Crippen LogP contribution in [0.3, 0.4) is 0 Å². The van der Waals surface area contributed by atoms with Crippen molar-refractivity contribution in [3.8, 4) is 5.75 Å². The lowest BCUT2D eigenvalue weighted by atomic mass is 10.2. The van der Waals surface area contributed by atoms with E-state index in [0.29, 0.717) is 32.1 Å². The monoisotopic (exact) mass is 293 g/mol. The predicted molar refractivity (Wildman–Crippen MR) is 82.7 cm³/mol. The Balaban J connectivity index is 2.17. The number of aliphatic imine (C=N–C) groups is 1. The molecule has 0 fully saturated rings. The zero-order chi connectivity index (χ0) is 15.5. The zero-order valence-electron chi connectivity index (χ0n) is 12.8. The van der Waals surface area contributed by atoms with Gasteiger partial charge in [0.15, 0.2) is 5.96 Å². The van der Waals surface area contributed by atoms with Gasteiger partial charge in [-0.2, -0.15) is 0 Å². The molecule has 1 rings (SSSR count). The van der Waals surface area contributed by atoms with Gasteiger partial charge in [0.25, 0.3) is 0 Å². The fourth-order valence-electron chi connectivity index (χ4n) is 1.58. The summed E-state index contributed by atoms with van der Waals surface area (Å²) in [7, 11) is 3.05. The number of esters is 1. The van der Waals surface area contributed by atoms with Crippen LogP contribution in [0.4, 0.5) is 0 Å². The van der Waals surface area contributed by atoms with Gasteiger partial charge >= 0.3 is 5.97 Å². The summed E-state index contributed by atoms with van der Waals surface area (Å²) in [5.41, 5.74) is 1.20. The number of carbonyl (C=O) groups excluding carboxylic acids is 1. The summed E-state index contributed by atoms with van der Waals surface area (Å²) in [6.45, 7) is 3.66. The third-order valence-electron chi connectivity index (χ3n) is 2.76. The molecular formula is C15H23N3O3. The van der Waals surface area contributed by atoms with Gasteiger partial charge in [0.2, 0.25) is 0 Å². The van der Waals surface area contributed by atoms with Crippen LogP contribution in [0.5, 0.6) is 5.75 Å². The molecule has 1 aromatic rings. The molecule has 0 bridgehead atoms. The minimum atomic E-state index is -0.249. The average Bonchev–Trinajstić information content (AvgIpc) is 2.51. The van der Waals surface area contributed by atoms with Crippen molar-refractivity contribution in [1.29, 1.82) is 0 Å². The molecule has 6 heteroatoms. The molecule has 116 valence electrons. The lowest BCUT2D eigenvalue weighted by molar-refractivity contribution is -0.140. The number of nitrogens with one attached hydrogen (secondary N) is 2. The van der Waals surface area contributed by atoms with E-state index in [1.54, 1.807) is 7.05 Å². The summed E-state index contributed by atoms with van der Waals surface area (Å²) >= 11 is 0. The quantitative estimate of drug-likeness (QED) is 0.341. The molecule has 6 nitrogen and oxygen atoms in total. The van der Waals surface area contributed by atoms with Gasteiger partial charge < -0.3 is 20.1 Å². The van der Waals surface area contributed by atoms with Crippen molar-refractivity contribution in [3.63, 3.8) is 0 Å². The predicted octanol–water partition coefficient (Wildman–Crippen LogP) is 1.10. The summed E-state index contributed by atoms with van der Waals surface area (Å²) in [6.07, 6.45) is 0.303. The molecule has 0 amide bonds. The molecule has 2 N–H and O–H groups in total. The molecule has 0 aliphatic rings. The Kier molecular flexibility index (Phi) is 7.71. The fraction of sp³-hybridized carbons (Fsp3) is 0.467. The first kappa shape index (κ1) is 16.8. The first-order valence-corrected chi connectivity index (χ1v) is 6.86. The maximum atomic E-state index is 11.0. The molecule has 21 heavy (non-hydrogen) atoms. The number of rotatable bonds is 7. The molecule has 0 heterocycles. The second-order valence-corrected chi connectivity index (χ2v) is 4.41. The van der Waals surface area contributed by atoms with Gasteiger partial charge in [-0.1, -0.05) is 17.7 Å². The van der Waals surface area contributed by atoms with E-state index in [2.05, 4.69) is 20.4 Å². The molecule has 0 unspecified atom stereocenters. The highest BCUT2D eigenvalue weighted by Gasteiger charge is 2.01. The van der Waals surface area contributed by atoms with E-state index in [4.69, 9.17) is 4.74 Å². The molecular weight excluding hydrogens is 270 g/mol. The standard InChI is InChI=1S/C15H23N3O3/c1-12-4-6-13(7-5-12)21-11-10-18-15(16-2)17-9-8-14(19)20-3/h4-7H,8-11H2,1-3H3,(H2,16,17,18). The van der Waals surface area contributed by atoms with Gasteiger partial charge in [-0.3, -0.25) is 9.79 Å². The number of methoxy groups -OCH3 is 1. The molecule has 0 saturated carbocycles. The first-order valence-electron chi connectivity index (χ1n) is 6.86. The number of guanidine groups is 1. The maximum absolute atomic E-state index is 11.0. The summed E-state index contributed by atoms with van der Waals surface area (Å²) in [6, 6.07) is 7.91. The Labute approximate surface area is 125 Å². The van der Waals surface area contributed by atoms with E-state index >= 15 is 0 Å².